The minimum absolute atomic E-state index is 0.176. The Labute approximate surface area is 153 Å². The third-order valence-corrected chi connectivity index (χ3v) is 3.85. The second kappa shape index (κ2) is 7.22. The molecule has 0 unspecified atom stereocenters. The number of aryl methyl sites for hydroxylation is 1. The average molecular weight is 375 g/mol. The predicted molar refractivity (Wildman–Crippen MR) is 95.0 cm³/mol. The summed E-state index contributed by atoms with van der Waals surface area (Å²) in [6.07, 6.45) is -3.07. The molecule has 0 spiro atoms. The lowest BCUT2D eigenvalue weighted by atomic mass is 10.1. The van der Waals surface area contributed by atoms with E-state index in [0.29, 0.717) is 22.4 Å². The lowest BCUT2D eigenvalue weighted by molar-refractivity contribution is -0.137. The van der Waals surface area contributed by atoms with Crippen LogP contribution in [0.4, 0.5) is 24.5 Å². The number of fused-ring (bicyclic) bond motifs is 1. The zero-order chi connectivity index (χ0) is 19.6. The third kappa shape index (κ3) is 3.99. The van der Waals surface area contributed by atoms with Crippen LogP contribution in [0.15, 0.2) is 42.6 Å². The molecule has 0 saturated carbocycles. The first kappa shape index (κ1) is 18.6. The summed E-state index contributed by atoms with van der Waals surface area (Å²) < 4.78 is 43.3. The molecule has 0 aliphatic carbocycles. The van der Waals surface area contributed by atoms with Crippen LogP contribution in [0.1, 0.15) is 28.5 Å². The summed E-state index contributed by atoms with van der Waals surface area (Å²) in [5, 5.41) is 3.57. The molecular formula is C19H16F3N3O2. The highest BCUT2D eigenvalue weighted by Gasteiger charge is 2.30. The topological polar surface area (TPSA) is 64.1 Å². The number of benzene rings is 1. The Bertz CT molecular complexity index is 986. The molecule has 3 aromatic rings. The number of carbonyl (C=O) groups excluding carboxylic acids is 1. The van der Waals surface area contributed by atoms with E-state index in [-0.39, 0.29) is 12.2 Å². The SMILES string of the molecule is CCOC(=O)c1cnc2nc(C)ccc2c1Nc1ccc(C(F)(F)F)cc1. The summed E-state index contributed by atoms with van der Waals surface area (Å²) in [5.41, 5.74) is 1.36. The maximum absolute atomic E-state index is 12.7. The Balaban J connectivity index is 2.07. The van der Waals surface area contributed by atoms with E-state index in [1.807, 2.05) is 6.92 Å². The fourth-order valence-electron chi connectivity index (χ4n) is 2.56. The molecule has 1 N–H and O–H groups in total. The first-order chi connectivity index (χ1) is 12.8. The number of esters is 1. The summed E-state index contributed by atoms with van der Waals surface area (Å²) in [6.45, 7) is 3.67. The molecule has 2 heterocycles. The van der Waals surface area contributed by atoms with Crippen molar-refractivity contribution in [3.05, 3.63) is 59.4 Å². The van der Waals surface area contributed by atoms with E-state index in [1.54, 1.807) is 19.1 Å². The minimum Gasteiger partial charge on any atom is -0.462 e. The van der Waals surface area contributed by atoms with Crippen molar-refractivity contribution in [2.45, 2.75) is 20.0 Å². The van der Waals surface area contributed by atoms with Gasteiger partial charge in [-0.1, -0.05) is 0 Å². The minimum atomic E-state index is -4.42. The van der Waals surface area contributed by atoms with E-state index >= 15 is 0 Å². The summed E-state index contributed by atoms with van der Waals surface area (Å²) in [6, 6.07) is 8.05. The number of hydrogen-bond donors (Lipinski definition) is 1. The summed E-state index contributed by atoms with van der Waals surface area (Å²) in [5.74, 6) is -0.582. The molecule has 0 amide bonds. The first-order valence-electron chi connectivity index (χ1n) is 8.17. The number of ether oxygens (including phenoxy) is 1. The van der Waals surface area contributed by atoms with Gasteiger partial charge in [0.2, 0.25) is 0 Å². The lowest BCUT2D eigenvalue weighted by Crippen LogP contribution is -2.10. The van der Waals surface area contributed by atoms with E-state index in [1.165, 1.54) is 18.3 Å². The van der Waals surface area contributed by atoms with Crippen LogP contribution < -0.4 is 5.32 Å². The van der Waals surface area contributed by atoms with Crippen LogP contribution in [0.5, 0.6) is 0 Å². The number of carbonyl (C=O) groups is 1. The Morgan fingerprint density at radius 2 is 1.85 bits per heavy atom. The van der Waals surface area contributed by atoms with Gasteiger partial charge in [-0.15, -0.1) is 0 Å². The van der Waals surface area contributed by atoms with Crippen LogP contribution in [-0.2, 0) is 10.9 Å². The quantitative estimate of drug-likeness (QED) is 0.659. The number of rotatable bonds is 4. The summed E-state index contributed by atoms with van der Waals surface area (Å²) in [4.78, 5) is 20.8. The molecule has 0 fully saturated rings. The van der Waals surface area contributed by atoms with Crippen molar-refractivity contribution in [1.82, 2.24) is 9.97 Å². The van der Waals surface area contributed by atoms with Crippen LogP contribution in [0.25, 0.3) is 11.0 Å². The number of halogens is 3. The third-order valence-electron chi connectivity index (χ3n) is 3.85. The highest BCUT2D eigenvalue weighted by atomic mass is 19.4. The van der Waals surface area contributed by atoms with Gasteiger partial charge in [0.05, 0.1) is 17.9 Å². The molecule has 2 aromatic heterocycles. The van der Waals surface area contributed by atoms with Crippen molar-refractivity contribution in [3.8, 4) is 0 Å². The molecule has 0 saturated heterocycles. The Morgan fingerprint density at radius 3 is 2.48 bits per heavy atom. The predicted octanol–water partition coefficient (Wildman–Crippen LogP) is 4.88. The molecule has 140 valence electrons. The van der Waals surface area contributed by atoms with Crippen LogP contribution >= 0.6 is 0 Å². The fraction of sp³-hybridized carbons (Fsp3) is 0.211. The number of pyridine rings is 2. The molecule has 27 heavy (non-hydrogen) atoms. The fourth-order valence-corrected chi connectivity index (χ4v) is 2.56. The molecule has 3 rings (SSSR count). The molecule has 0 aliphatic heterocycles. The number of nitrogens with one attached hydrogen (secondary N) is 1. The van der Waals surface area contributed by atoms with E-state index in [2.05, 4.69) is 15.3 Å². The number of anilines is 2. The number of hydrogen-bond acceptors (Lipinski definition) is 5. The van der Waals surface area contributed by atoms with Gasteiger partial charge in [0.1, 0.15) is 5.56 Å². The number of aromatic nitrogens is 2. The largest absolute Gasteiger partial charge is 0.462 e. The van der Waals surface area contributed by atoms with Crippen molar-refractivity contribution in [2.24, 2.45) is 0 Å². The van der Waals surface area contributed by atoms with E-state index in [4.69, 9.17) is 4.74 Å². The van der Waals surface area contributed by atoms with Gasteiger partial charge in [-0.3, -0.25) is 0 Å². The lowest BCUT2D eigenvalue weighted by Gasteiger charge is -2.15. The average Bonchev–Trinajstić information content (AvgIpc) is 2.61. The van der Waals surface area contributed by atoms with Gasteiger partial charge in [0, 0.05) is 23.0 Å². The Kier molecular flexibility index (Phi) is 4.98. The zero-order valence-electron chi connectivity index (χ0n) is 14.6. The smallest absolute Gasteiger partial charge is 0.416 e. The second-order valence-electron chi connectivity index (χ2n) is 5.79. The summed E-state index contributed by atoms with van der Waals surface area (Å²) >= 11 is 0. The summed E-state index contributed by atoms with van der Waals surface area (Å²) in [7, 11) is 0. The number of nitrogens with zero attached hydrogens (tertiary/aromatic N) is 2. The standard InChI is InChI=1S/C19H16F3N3O2/c1-3-27-18(26)15-10-23-17-14(9-4-11(2)24-17)16(15)25-13-7-5-12(6-8-13)19(20,21)22/h4-10H,3H2,1-2H3,(H,23,24,25). The van der Waals surface area contributed by atoms with Crippen molar-refractivity contribution in [3.63, 3.8) is 0 Å². The van der Waals surface area contributed by atoms with Crippen molar-refractivity contribution >= 4 is 28.4 Å². The highest BCUT2D eigenvalue weighted by Crippen LogP contribution is 2.32. The highest BCUT2D eigenvalue weighted by molar-refractivity contribution is 6.05. The first-order valence-corrected chi connectivity index (χ1v) is 8.17. The van der Waals surface area contributed by atoms with Gasteiger partial charge < -0.3 is 10.1 Å². The van der Waals surface area contributed by atoms with Crippen molar-refractivity contribution in [1.29, 1.82) is 0 Å². The molecule has 1 aromatic carbocycles. The van der Waals surface area contributed by atoms with Crippen molar-refractivity contribution < 1.29 is 22.7 Å². The molecule has 8 heteroatoms. The van der Waals surface area contributed by atoms with Gasteiger partial charge in [0.15, 0.2) is 5.65 Å². The monoisotopic (exact) mass is 375 g/mol. The Morgan fingerprint density at radius 1 is 1.15 bits per heavy atom. The van der Waals surface area contributed by atoms with Crippen LogP contribution in [0.3, 0.4) is 0 Å². The maximum atomic E-state index is 12.7. The molecule has 0 radical (unpaired) electrons. The zero-order valence-corrected chi connectivity index (χ0v) is 14.6. The molecule has 0 atom stereocenters. The van der Waals surface area contributed by atoms with Crippen LogP contribution in [-0.4, -0.2) is 22.5 Å². The van der Waals surface area contributed by atoms with Gasteiger partial charge in [-0.2, -0.15) is 13.2 Å². The van der Waals surface area contributed by atoms with Crippen LogP contribution in [0, 0.1) is 6.92 Å². The number of alkyl halides is 3. The van der Waals surface area contributed by atoms with Crippen LogP contribution in [0.2, 0.25) is 0 Å². The molecular weight excluding hydrogens is 359 g/mol. The molecule has 5 nitrogen and oxygen atoms in total. The molecule has 0 aliphatic rings. The van der Waals surface area contributed by atoms with E-state index in [0.717, 1.165) is 17.8 Å². The Hall–Kier alpha value is -3.16. The van der Waals surface area contributed by atoms with Crippen molar-refractivity contribution in [2.75, 3.05) is 11.9 Å². The van der Waals surface area contributed by atoms with Gasteiger partial charge in [0.25, 0.3) is 0 Å². The van der Waals surface area contributed by atoms with E-state index < -0.39 is 17.7 Å². The van der Waals surface area contributed by atoms with Gasteiger partial charge >= 0.3 is 12.1 Å². The normalized spacial score (nSPS) is 11.4. The van der Waals surface area contributed by atoms with Gasteiger partial charge in [-0.05, 0) is 50.2 Å². The molecule has 0 bridgehead atoms. The van der Waals surface area contributed by atoms with Gasteiger partial charge in [-0.25, -0.2) is 14.8 Å². The maximum Gasteiger partial charge on any atom is 0.416 e. The van der Waals surface area contributed by atoms with E-state index in [9.17, 15) is 18.0 Å². The second-order valence-corrected chi connectivity index (χ2v) is 5.79.